The lowest BCUT2D eigenvalue weighted by Crippen LogP contribution is -1.73. The standard InChI is InChI=1S/2C5H8O.C4H8O.CH4O/c2*1-3-5(2)4-6;1-2-3-4-5;1-2/h3-4H,1-2H3;4H,2-3H2,1H3;4H,2-3H2,1H3;2H,1H3/b5-3+;;;. The van der Waals surface area contributed by atoms with Crippen LogP contribution in [0.2, 0.25) is 0 Å². The molecular weight excluding hydrogens is 244 g/mol. The van der Waals surface area contributed by atoms with E-state index in [0.717, 1.165) is 44.4 Å². The van der Waals surface area contributed by atoms with E-state index < -0.39 is 0 Å². The van der Waals surface area contributed by atoms with E-state index in [1.54, 1.807) is 13.0 Å². The number of allylic oxidation sites excluding steroid dienone is 3. The molecule has 0 bridgehead atoms. The lowest BCUT2D eigenvalue weighted by atomic mass is 10.3. The fraction of sp³-hybridized carbons (Fsp3) is 0.533. The summed E-state index contributed by atoms with van der Waals surface area (Å²) in [5.41, 5.74) is 1.45. The quantitative estimate of drug-likeness (QED) is 0.617. The molecule has 0 saturated heterocycles. The largest absolute Gasteiger partial charge is 0.400 e. The maximum atomic E-state index is 9.67. The Balaban J connectivity index is -0.0000000835. The van der Waals surface area contributed by atoms with Crippen molar-refractivity contribution >= 4 is 18.9 Å². The highest BCUT2D eigenvalue weighted by molar-refractivity contribution is 5.72. The van der Waals surface area contributed by atoms with Gasteiger partial charge in [-0.1, -0.05) is 26.5 Å². The fourth-order valence-electron chi connectivity index (χ4n) is 0.269. The summed E-state index contributed by atoms with van der Waals surface area (Å²) < 4.78 is 0. The van der Waals surface area contributed by atoms with Crippen molar-refractivity contribution in [1.82, 2.24) is 0 Å². The van der Waals surface area contributed by atoms with E-state index in [4.69, 9.17) is 5.11 Å². The van der Waals surface area contributed by atoms with Gasteiger partial charge in [-0.2, -0.15) is 0 Å². The van der Waals surface area contributed by atoms with E-state index in [0.29, 0.717) is 12.0 Å². The Bertz CT molecular complexity index is 243. The van der Waals surface area contributed by atoms with Gasteiger partial charge in [-0.3, -0.25) is 9.59 Å². The van der Waals surface area contributed by atoms with Crippen molar-refractivity contribution in [3.05, 3.63) is 23.8 Å². The van der Waals surface area contributed by atoms with Gasteiger partial charge in [-0.25, -0.2) is 0 Å². The molecule has 0 aliphatic heterocycles. The fourth-order valence-corrected chi connectivity index (χ4v) is 0.269. The summed E-state index contributed by atoms with van der Waals surface area (Å²) in [4.78, 5) is 28.7. The van der Waals surface area contributed by atoms with E-state index in [9.17, 15) is 14.4 Å². The van der Waals surface area contributed by atoms with Crippen LogP contribution >= 0.6 is 0 Å². The molecule has 0 atom stereocenters. The van der Waals surface area contributed by atoms with E-state index in [-0.39, 0.29) is 0 Å². The average molecular weight is 272 g/mol. The second-order valence-corrected chi connectivity index (χ2v) is 3.24. The summed E-state index contributed by atoms with van der Waals surface area (Å²) in [6, 6.07) is 0. The third kappa shape index (κ3) is 48.1. The molecule has 0 aromatic rings. The first-order valence-corrected chi connectivity index (χ1v) is 6.13. The Labute approximate surface area is 117 Å². The first-order chi connectivity index (χ1) is 9.03. The Morgan fingerprint density at radius 2 is 1.58 bits per heavy atom. The number of rotatable bonds is 5. The number of carbonyl (C=O) groups is 3. The minimum Gasteiger partial charge on any atom is -0.400 e. The van der Waals surface area contributed by atoms with E-state index in [2.05, 4.69) is 6.58 Å². The molecule has 0 heterocycles. The van der Waals surface area contributed by atoms with E-state index in [1.165, 1.54) is 0 Å². The van der Waals surface area contributed by atoms with Gasteiger partial charge in [0.25, 0.3) is 0 Å². The van der Waals surface area contributed by atoms with Gasteiger partial charge in [0, 0.05) is 13.5 Å². The average Bonchev–Trinajstić information content (AvgIpc) is 2.49. The maximum Gasteiger partial charge on any atom is 0.145 e. The molecule has 19 heavy (non-hydrogen) atoms. The summed E-state index contributed by atoms with van der Waals surface area (Å²) >= 11 is 0. The first-order valence-electron chi connectivity index (χ1n) is 6.13. The van der Waals surface area contributed by atoms with Gasteiger partial charge in [0.05, 0.1) is 0 Å². The second-order valence-electron chi connectivity index (χ2n) is 3.24. The molecule has 1 N–H and O–H groups in total. The normalized spacial score (nSPS) is 8.21. The summed E-state index contributed by atoms with van der Waals surface area (Å²) in [5.74, 6) is 0. The second kappa shape index (κ2) is 30.0. The Kier molecular flexibility index (Phi) is 41.1. The Hall–Kier alpha value is -1.55. The molecule has 4 nitrogen and oxygen atoms in total. The lowest BCUT2D eigenvalue weighted by Gasteiger charge is -1.79. The summed E-state index contributed by atoms with van der Waals surface area (Å²) in [6.45, 7) is 10.9. The third-order valence-electron chi connectivity index (χ3n) is 1.67. The molecule has 0 aliphatic carbocycles. The van der Waals surface area contributed by atoms with Crippen molar-refractivity contribution in [2.75, 3.05) is 7.11 Å². The van der Waals surface area contributed by atoms with Crippen LogP contribution in [0.15, 0.2) is 23.8 Å². The van der Waals surface area contributed by atoms with Crippen molar-refractivity contribution in [3.63, 3.8) is 0 Å². The van der Waals surface area contributed by atoms with Crippen molar-refractivity contribution in [1.29, 1.82) is 0 Å². The van der Waals surface area contributed by atoms with Gasteiger partial charge < -0.3 is 9.90 Å². The molecule has 0 amide bonds. The SMILES string of the molecule is C/C=C(\C)C=O.C=C(C=O)CC.CCCC=O.CO. The zero-order valence-electron chi connectivity index (χ0n) is 12.8. The summed E-state index contributed by atoms with van der Waals surface area (Å²) in [7, 11) is 1.00. The molecule has 0 aliphatic rings. The van der Waals surface area contributed by atoms with Crippen LogP contribution < -0.4 is 0 Å². The molecule has 0 spiro atoms. The molecule has 0 fully saturated rings. The molecule has 0 aromatic carbocycles. The number of aliphatic hydroxyl groups is 1. The minimum absolute atomic E-state index is 0.662. The number of unbranched alkanes of at least 4 members (excludes halogenated alkanes) is 1. The highest BCUT2D eigenvalue weighted by atomic mass is 16.2. The van der Waals surface area contributed by atoms with Gasteiger partial charge in [0.1, 0.15) is 18.9 Å². The molecule has 0 radical (unpaired) electrons. The van der Waals surface area contributed by atoms with E-state index in [1.807, 2.05) is 20.8 Å². The zero-order valence-corrected chi connectivity index (χ0v) is 12.8. The predicted molar refractivity (Wildman–Crippen MR) is 80.1 cm³/mol. The van der Waals surface area contributed by atoms with Crippen molar-refractivity contribution < 1.29 is 19.5 Å². The van der Waals surface area contributed by atoms with Crippen LogP contribution in [0, 0.1) is 0 Å². The molecule has 0 unspecified atom stereocenters. The molecule has 0 rings (SSSR count). The molecule has 0 aromatic heterocycles. The van der Waals surface area contributed by atoms with Gasteiger partial charge in [0.15, 0.2) is 0 Å². The molecule has 0 saturated carbocycles. The number of aliphatic hydroxyl groups excluding tert-OH is 1. The number of carbonyl (C=O) groups excluding carboxylic acids is 3. The van der Waals surface area contributed by atoms with Gasteiger partial charge in [-0.15, -0.1) is 0 Å². The minimum atomic E-state index is 0.662. The van der Waals surface area contributed by atoms with Gasteiger partial charge in [0.2, 0.25) is 0 Å². The molecule has 4 heteroatoms. The third-order valence-corrected chi connectivity index (χ3v) is 1.67. The Morgan fingerprint density at radius 1 is 1.11 bits per heavy atom. The maximum absolute atomic E-state index is 9.67. The van der Waals surface area contributed by atoms with Crippen LogP contribution in [0.1, 0.15) is 47.0 Å². The lowest BCUT2D eigenvalue weighted by molar-refractivity contribution is -0.108. The van der Waals surface area contributed by atoms with Crippen LogP contribution in [0.5, 0.6) is 0 Å². The topological polar surface area (TPSA) is 71.4 Å². The molecule has 112 valence electrons. The van der Waals surface area contributed by atoms with Crippen LogP contribution in [-0.4, -0.2) is 31.1 Å². The predicted octanol–water partition coefficient (Wildman–Crippen LogP) is 2.90. The van der Waals surface area contributed by atoms with Crippen molar-refractivity contribution in [2.45, 2.75) is 47.0 Å². The number of aldehydes is 3. The highest BCUT2D eigenvalue weighted by Gasteiger charge is 1.77. The van der Waals surface area contributed by atoms with Gasteiger partial charge >= 0.3 is 0 Å². The zero-order chi connectivity index (χ0) is 16.1. The number of hydrogen-bond acceptors (Lipinski definition) is 4. The molecular formula is C15H28O4. The summed E-state index contributed by atoms with van der Waals surface area (Å²) in [5, 5.41) is 7.00. The Morgan fingerprint density at radius 3 is 1.58 bits per heavy atom. The van der Waals surface area contributed by atoms with E-state index >= 15 is 0 Å². The van der Waals surface area contributed by atoms with Crippen LogP contribution in [-0.2, 0) is 14.4 Å². The number of hydrogen-bond donors (Lipinski definition) is 1. The smallest absolute Gasteiger partial charge is 0.145 e. The van der Waals surface area contributed by atoms with Crippen molar-refractivity contribution in [2.24, 2.45) is 0 Å². The monoisotopic (exact) mass is 272 g/mol. The van der Waals surface area contributed by atoms with Gasteiger partial charge in [-0.05, 0) is 37.8 Å². The first kappa shape index (κ1) is 26.1. The van der Waals surface area contributed by atoms with Crippen molar-refractivity contribution in [3.8, 4) is 0 Å². The van der Waals surface area contributed by atoms with Crippen LogP contribution in [0.25, 0.3) is 0 Å². The van der Waals surface area contributed by atoms with Crippen LogP contribution in [0.4, 0.5) is 0 Å². The van der Waals surface area contributed by atoms with Crippen LogP contribution in [0.3, 0.4) is 0 Å². The summed E-state index contributed by atoms with van der Waals surface area (Å²) in [6.07, 6.45) is 6.76. The highest BCUT2D eigenvalue weighted by Crippen LogP contribution is 1.86.